The van der Waals surface area contributed by atoms with Gasteiger partial charge in [0.25, 0.3) is 0 Å². The van der Waals surface area contributed by atoms with Gasteiger partial charge < -0.3 is 4.57 Å². The monoisotopic (exact) mass is 346 g/mol. The van der Waals surface area contributed by atoms with Gasteiger partial charge in [-0.1, -0.05) is 53.4 Å². The molecule has 0 N–H and O–H groups in total. The lowest BCUT2D eigenvalue weighted by atomic mass is 10.3. The maximum absolute atomic E-state index is 13.2. The number of nitrogens with zero attached hydrogens (tertiary/aromatic N) is 2. The van der Waals surface area contributed by atoms with E-state index in [0.29, 0.717) is 0 Å². The first-order valence-corrected chi connectivity index (χ1v) is 12.5. The first-order chi connectivity index (χ1) is 11.0. The summed E-state index contributed by atoms with van der Waals surface area (Å²) in [6.45, 7) is 15.4. The Hall–Kier alpha value is 0.150. The molecule has 3 nitrogen and oxygen atoms in total. The molecule has 0 heterocycles. The van der Waals surface area contributed by atoms with Crippen molar-refractivity contribution in [3.05, 3.63) is 0 Å². The van der Waals surface area contributed by atoms with Crippen molar-refractivity contribution in [2.75, 3.05) is 45.4 Å². The Balaban J connectivity index is 4.57. The maximum Gasteiger partial charge on any atom is 0.111 e. The minimum atomic E-state index is -2.11. The molecule has 0 fully saturated rings. The molecule has 0 aliphatic heterocycles. The van der Waals surface area contributed by atoms with Crippen LogP contribution < -0.4 is 0 Å². The van der Waals surface area contributed by atoms with Crippen LogP contribution in [-0.2, 0) is 4.57 Å². The largest absolute Gasteiger partial charge is 0.321 e. The summed E-state index contributed by atoms with van der Waals surface area (Å²) in [6.07, 6.45) is 11.4. The first kappa shape index (κ1) is 23.1. The van der Waals surface area contributed by atoms with Crippen LogP contribution in [0.3, 0.4) is 0 Å². The Morgan fingerprint density at radius 1 is 0.609 bits per heavy atom. The molecule has 140 valence electrons. The van der Waals surface area contributed by atoms with Crippen molar-refractivity contribution in [3.63, 3.8) is 0 Å². The summed E-state index contributed by atoms with van der Waals surface area (Å²) in [6, 6.07) is 0. The Morgan fingerprint density at radius 2 is 0.870 bits per heavy atom. The summed E-state index contributed by atoms with van der Waals surface area (Å²) in [5.41, 5.74) is 0. The van der Waals surface area contributed by atoms with Crippen molar-refractivity contribution < 1.29 is 4.57 Å². The minimum absolute atomic E-state index is 0.807. The SMILES string of the molecule is CCCCN(CCCC)CP(C)(=O)CN(CCCC)CCCC. The molecule has 0 spiro atoms. The highest BCUT2D eigenvalue weighted by molar-refractivity contribution is 7.62. The van der Waals surface area contributed by atoms with Gasteiger partial charge in [0.05, 0.1) is 12.6 Å². The van der Waals surface area contributed by atoms with Gasteiger partial charge in [-0.2, -0.15) is 0 Å². The number of hydrogen-bond donors (Lipinski definition) is 0. The van der Waals surface area contributed by atoms with Crippen LogP contribution in [0, 0.1) is 0 Å². The molecule has 0 bridgehead atoms. The third-order valence-corrected chi connectivity index (χ3v) is 6.31. The van der Waals surface area contributed by atoms with Gasteiger partial charge in [0.2, 0.25) is 0 Å². The van der Waals surface area contributed by atoms with Crippen LogP contribution in [0.1, 0.15) is 79.1 Å². The fraction of sp³-hybridized carbons (Fsp3) is 1.00. The van der Waals surface area contributed by atoms with Crippen LogP contribution in [0.5, 0.6) is 0 Å². The average Bonchev–Trinajstić information content (AvgIpc) is 2.52. The molecule has 0 rings (SSSR count). The van der Waals surface area contributed by atoms with E-state index in [1.54, 1.807) is 0 Å². The molecule has 23 heavy (non-hydrogen) atoms. The fourth-order valence-corrected chi connectivity index (χ4v) is 5.27. The molecule has 0 atom stereocenters. The molecule has 0 saturated heterocycles. The zero-order chi connectivity index (χ0) is 17.6. The van der Waals surface area contributed by atoms with Crippen molar-refractivity contribution >= 4 is 7.14 Å². The minimum Gasteiger partial charge on any atom is -0.321 e. The molecule has 0 radical (unpaired) electrons. The second kappa shape index (κ2) is 14.5. The molecule has 0 aromatic carbocycles. The average molecular weight is 347 g/mol. The molecule has 0 aromatic heterocycles. The van der Waals surface area contributed by atoms with E-state index < -0.39 is 7.14 Å². The number of hydrogen-bond acceptors (Lipinski definition) is 3. The Labute approximate surface area is 146 Å². The lowest BCUT2D eigenvalue weighted by Gasteiger charge is -2.30. The predicted molar refractivity (Wildman–Crippen MR) is 106 cm³/mol. The molecule has 0 aromatic rings. The molecular formula is C19H43N2OP. The van der Waals surface area contributed by atoms with Gasteiger partial charge in [0, 0.05) is 0 Å². The molecule has 0 aliphatic rings. The summed E-state index contributed by atoms with van der Waals surface area (Å²) in [7, 11) is -2.11. The van der Waals surface area contributed by atoms with Crippen LogP contribution in [0.25, 0.3) is 0 Å². The van der Waals surface area contributed by atoms with E-state index >= 15 is 0 Å². The van der Waals surface area contributed by atoms with Crippen LogP contribution in [0.2, 0.25) is 0 Å². The van der Waals surface area contributed by atoms with Crippen molar-refractivity contribution in [1.29, 1.82) is 0 Å². The van der Waals surface area contributed by atoms with E-state index in [-0.39, 0.29) is 0 Å². The van der Waals surface area contributed by atoms with Gasteiger partial charge in [0.15, 0.2) is 0 Å². The van der Waals surface area contributed by atoms with Gasteiger partial charge >= 0.3 is 0 Å². The molecule has 0 aliphatic carbocycles. The summed E-state index contributed by atoms with van der Waals surface area (Å²) in [4.78, 5) is 4.93. The van der Waals surface area contributed by atoms with Crippen LogP contribution in [-0.4, -0.2) is 55.2 Å². The standard InChI is InChI=1S/C19H43N2OP/c1-6-10-14-20(15-11-7-2)18-23(5,22)19-21(16-12-8-3)17-13-9-4/h6-19H2,1-5H3. The predicted octanol–water partition coefficient (Wildman–Crippen LogP) is 5.70. The Kier molecular flexibility index (Phi) is 14.6. The first-order valence-electron chi connectivity index (χ1n) is 9.99. The quantitative estimate of drug-likeness (QED) is 0.335. The third kappa shape index (κ3) is 13.2. The second-order valence-electron chi connectivity index (χ2n) is 7.23. The van der Waals surface area contributed by atoms with Crippen molar-refractivity contribution in [2.24, 2.45) is 0 Å². The van der Waals surface area contributed by atoms with Crippen LogP contribution in [0.15, 0.2) is 0 Å². The van der Waals surface area contributed by atoms with E-state index in [0.717, 1.165) is 38.8 Å². The lowest BCUT2D eigenvalue weighted by Crippen LogP contribution is -2.32. The van der Waals surface area contributed by atoms with Crippen LogP contribution >= 0.6 is 7.14 Å². The zero-order valence-corrected chi connectivity index (χ0v) is 17.5. The summed E-state index contributed by atoms with van der Waals surface area (Å²) < 4.78 is 13.2. The maximum atomic E-state index is 13.2. The number of unbranched alkanes of at least 4 members (excludes halogenated alkanes) is 4. The fourth-order valence-electron chi connectivity index (χ4n) is 2.92. The summed E-state index contributed by atoms with van der Waals surface area (Å²) >= 11 is 0. The van der Waals surface area contributed by atoms with Gasteiger partial charge in [0.1, 0.15) is 7.14 Å². The summed E-state index contributed by atoms with van der Waals surface area (Å²) in [5.74, 6) is 0. The number of rotatable bonds is 16. The van der Waals surface area contributed by atoms with Crippen molar-refractivity contribution in [1.82, 2.24) is 9.80 Å². The molecule has 0 amide bonds. The third-order valence-electron chi connectivity index (χ3n) is 4.31. The Morgan fingerprint density at radius 3 is 1.09 bits per heavy atom. The topological polar surface area (TPSA) is 23.6 Å². The molecule has 0 unspecified atom stereocenters. The van der Waals surface area contributed by atoms with E-state index in [9.17, 15) is 4.57 Å². The van der Waals surface area contributed by atoms with E-state index in [1.165, 1.54) is 51.4 Å². The van der Waals surface area contributed by atoms with Gasteiger partial charge in [-0.05, 0) is 58.5 Å². The van der Waals surface area contributed by atoms with Gasteiger partial charge in [-0.3, -0.25) is 9.80 Å². The molecule has 0 saturated carbocycles. The van der Waals surface area contributed by atoms with Gasteiger partial charge in [-0.25, -0.2) is 0 Å². The normalized spacial score (nSPS) is 12.5. The Bertz CT molecular complexity index is 268. The highest BCUT2D eigenvalue weighted by Gasteiger charge is 2.22. The van der Waals surface area contributed by atoms with Gasteiger partial charge in [-0.15, -0.1) is 0 Å². The van der Waals surface area contributed by atoms with Crippen LogP contribution in [0.4, 0.5) is 0 Å². The van der Waals surface area contributed by atoms with E-state index in [4.69, 9.17) is 0 Å². The smallest absolute Gasteiger partial charge is 0.111 e. The zero-order valence-electron chi connectivity index (χ0n) is 16.6. The van der Waals surface area contributed by atoms with Crippen molar-refractivity contribution in [3.8, 4) is 0 Å². The highest BCUT2D eigenvalue weighted by Crippen LogP contribution is 2.42. The molecule has 4 heteroatoms. The van der Waals surface area contributed by atoms with E-state index in [1.807, 2.05) is 6.66 Å². The molecular weight excluding hydrogens is 303 g/mol. The van der Waals surface area contributed by atoms with E-state index in [2.05, 4.69) is 37.5 Å². The highest BCUT2D eigenvalue weighted by atomic mass is 31.2. The summed E-state index contributed by atoms with van der Waals surface area (Å²) in [5, 5.41) is 0. The second-order valence-corrected chi connectivity index (χ2v) is 10.4. The lowest BCUT2D eigenvalue weighted by molar-refractivity contribution is 0.284. The van der Waals surface area contributed by atoms with Crippen molar-refractivity contribution in [2.45, 2.75) is 79.1 Å².